The molecule has 8 heterocycles. The molecule has 2 N–H and O–H groups in total. The van der Waals surface area contributed by atoms with E-state index >= 15 is 0 Å². The highest BCUT2D eigenvalue weighted by Crippen LogP contribution is 2.34. The molecule has 10 rings (SSSR count). The first-order valence-corrected chi connectivity index (χ1v) is 22.6. The van der Waals surface area contributed by atoms with Crippen LogP contribution < -0.4 is 20.4 Å². The number of piperidine rings is 1. The van der Waals surface area contributed by atoms with Crippen LogP contribution in [0, 0.1) is 5.92 Å². The second kappa shape index (κ2) is 15.5. The van der Waals surface area contributed by atoms with Crippen LogP contribution in [0.15, 0.2) is 55.1 Å². The van der Waals surface area contributed by atoms with Gasteiger partial charge in [-0.3, -0.25) is 29.3 Å². The maximum absolute atomic E-state index is 13.4. The summed E-state index contributed by atoms with van der Waals surface area (Å²) in [5.74, 6) is 1.32. The standard InChI is InChI=1S/C41H46N14O6S/c1-25(2)54-33-20-35(45-34-7-11-42-37(46-34)27-21-44-53(24-27)62(60,61)29-4-5-29)43-22-32(33)38(48-54)51-17-15-49(16-18-51)23-26-8-12-50(13-9-26)28-3-6-30-31(19-28)40(58)55(39(30)57)52-14-10-36(56)47-41(52)59/h3,6-7,11,19-22,24-26,29H,4-5,8-10,12-18,23H2,1-2H3,(H,47,56,59)(H,42,43,45,46). The van der Waals surface area contributed by atoms with E-state index in [4.69, 9.17) is 10.1 Å². The van der Waals surface area contributed by atoms with Crippen LogP contribution in [0.2, 0.25) is 0 Å². The zero-order chi connectivity index (χ0) is 42.9. The summed E-state index contributed by atoms with van der Waals surface area (Å²) in [5, 5.41) is 17.1. The molecule has 1 saturated carbocycles. The first kappa shape index (κ1) is 39.6. The lowest BCUT2D eigenvalue weighted by Gasteiger charge is -2.39. The lowest BCUT2D eigenvalue weighted by molar-refractivity contribution is -0.122. The van der Waals surface area contributed by atoms with Gasteiger partial charge in [0.05, 0.1) is 51.8 Å². The Morgan fingerprint density at radius 3 is 2.35 bits per heavy atom. The number of piperazine rings is 1. The molecule has 62 heavy (non-hydrogen) atoms. The number of imide groups is 2. The SMILES string of the molecule is CC(C)n1nc(N2CCN(CC3CCN(c4ccc5c(c4)C(=O)N(N4CCC(=O)NC4=O)C5=O)CC3)CC2)c2cnc(Nc3ccnc(-c4cnn(S(=O)(=O)C5CC5)c4)n3)cc21. The minimum atomic E-state index is -3.50. The molecular formula is C41H46N14O6S. The molecule has 0 bridgehead atoms. The van der Waals surface area contributed by atoms with Crippen molar-refractivity contribution in [2.75, 3.05) is 67.5 Å². The number of hydrogen-bond donors (Lipinski definition) is 2. The normalized spacial score (nSPS) is 19.3. The number of hydrazine groups is 1. The minimum absolute atomic E-state index is 0.0131. The van der Waals surface area contributed by atoms with Gasteiger partial charge in [0.2, 0.25) is 5.91 Å². The number of amides is 5. The summed E-state index contributed by atoms with van der Waals surface area (Å²) in [5.41, 5.74) is 2.84. The lowest BCUT2D eigenvalue weighted by Crippen LogP contribution is -2.58. The third-order valence-corrected chi connectivity index (χ3v) is 14.3. The van der Waals surface area contributed by atoms with Gasteiger partial charge in [-0.25, -0.2) is 33.2 Å². The average Bonchev–Trinajstić information content (AvgIpc) is 3.81. The number of pyridine rings is 1. The maximum atomic E-state index is 13.4. The van der Waals surface area contributed by atoms with Gasteiger partial charge in [-0.1, -0.05) is 0 Å². The topological polar surface area (TPSA) is 217 Å². The Morgan fingerprint density at radius 1 is 0.839 bits per heavy atom. The molecule has 4 aliphatic heterocycles. The van der Waals surface area contributed by atoms with E-state index in [-0.39, 0.29) is 35.4 Å². The number of benzene rings is 1. The van der Waals surface area contributed by atoms with E-state index in [2.05, 4.69) is 54.2 Å². The van der Waals surface area contributed by atoms with Crippen molar-refractivity contribution < 1.29 is 27.6 Å². The third kappa shape index (κ3) is 7.27. The molecule has 5 amide bonds. The van der Waals surface area contributed by atoms with Crippen LogP contribution >= 0.6 is 0 Å². The van der Waals surface area contributed by atoms with Crippen molar-refractivity contribution in [3.63, 3.8) is 0 Å². The van der Waals surface area contributed by atoms with Crippen molar-refractivity contribution in [3.05, 3.63) is 66.2 Å². The lowest BCUT2D eigenvalue weighted by atomic mass is 9.95. The summed E-state index contributed by atoms with van der Waals surface area (Å²) in [6, 6.07) is 8.31. The zero-order valence-corrected chi connectivity index (χ0v) is 35.2. The average molecular weight is 863 g/mol. The highest BCUT2D eigenvalue weighted by molar-refractivity contribution is 7.90. The monoisotopic (exact) mass is 862 g/mol. The second-order valence-electron chi connectivity index (χ2n) is 16.8. The van der Waals surface area contributed by atoms with Crippen LogP contribution in [-0.2, 0) is 14.8 Å². The maximum Gasteiger partial charge on any atom is 0.343 e. The number of nitrogens with zero attached hydrogens (tertiary/aromatic N) is 12. The molecule has 1 aromatic carbocycles. The van der Waals surface area contributed by atoms with Gasteiger partial charge < -0.3 is 15.1 Å². The van der Waals surface area contributed by atoms with Gasteiger partial charge in [-0.2, -0.15) is 19.3 Å². The molecule has 0 atom stereocenters. The van der Waals surface area contributed by atoms with Gasteiger partial charge >= 0.3 is 6.03 Å². The Balaban J connectivity index is 0.748. The summed E-state index contributed by atoms with van der Waals surface area (Å²) < 4.78 is 28.3. The summed E-state index contributed by atoms with van der Waals surface area (Å²) >= 11 is 0. The van der Waals surface area contributed by atoms with Crippen molar-refractivity contribution in [2.24, 2.45) is 5.92 Å². The van der Waals surface area contributed by atoms with Gasteiger partial charge in [-0.15, -0.1) is 0 Å². The number of aromatic nitrogens is 7. The number of nitrogens with one attached hydrogen (secondary N) is 2. The number of carbonyl (C=O) groups excluding carboxylic acids is 4. The third-order valence-electron chi connectivity index (χ3n) is 12.3. The molecule has 0 spiro atoms. The van der Waals surface area contributed by atoms with E-state index in [0.29, 0.717) is 41.8 Å². The predicted octanol–water partition coefficient (Wildman–Crippen LogP) is 3.24. The molecule has 0 radical (unpaired) electrons. The van der Waals surface area contributed by atoms with Crippen LogP contribution in [0.5, 0.6) is 0 Å². The van der Waals surface area contributed by atoms with E-state index in [0.717, 1.165) is 95.2 Å². The number of rotatable bonds is 11. The first-order chi connectivity index (χ1) is 29.9. The highest BCUT2D eigenvalue weighted by atomic mass is 32.2. The van der Waals surface area contributed by atoms with E-state index in [1.54, 1.807) is 24.4 Å². The summed E-state index contributed by atoms with van der Waals surface area (Å²) in [6.45, 7) is 10.3. The van der Waals surface area contributed by atoms with Crippen LogP contribution in [0.4, 0.5) is 27.9 Å². The number of fused-ring (bicyclic) bond motifs is 2. The van der Waals surface area contributed by atoms with E-state index in [9.17, 15) is 27.6 Å². The number of hydrogen-bond acceptors (Lipinski definition) is 15. The van der Waals surface area contributed by atoms with Crippen molar-refractivity contribution >= 4 is 67.8 Å². The van der Waals surface area contributed by atoms with Crippen LogP contribution in [0.25, 0.3) is 22.3 Å². The molecule has 322 valence electrons. The minimum Gasteiger partial charge on any atom is -0.371 e. The van der Waals surface area contributed by atoms with Crippen LogP contribution in [0.1, 0.15) is 72.7 Å². The fraction of sp³-hybridized carbons (Fsp3) is 0.439. The number of carbonyl (C=O) groups is 4. The largest absolute Gasteiger partial charge is 0.371 e. The number of urea groups is 1. The quantitative estimate of drug-likeness (QED) is 0.182. The molecule has 0 unspecified atom stereocenters. The summed E-state index contributed by atoms with van der Waals surface area (Å²) in [7, 11) is -3.50. The molecule has 1 aliphatic carbocycles. The van der Waals surface area contributed by atoms with Gasteiger partial charge in [0.1, 0.15) is 11.6 Å². The van der Waals surface area contributed by atoms with Gasteiger partial charge in [0.25, 0.3) is 21.8 Å². The molecular weight excluding hydrogens is 817 g/mol. The first-order valence-electron chi connectivity index (χ1n) is 21.1. The Hall–Kier alpha value is -6.48. The molecule has 5 aromatic rings. The zero-order valence-electron chi connectivity index (χ0n) is 34.3. The van der Waals surface area contributed by atoms with Gasteiger partial charge in [0.15, 0.2) is 11.6 Å². The van der Waals surface area contributed by atoms with Crippen LogP contribution in [0.3, 0.4) is 0 Å². The smallest absolute Gasteiger partial charge is 0.343 e. The molecule has 4 aromatic heterocycles. The Kier molecular flexibility index (Phi) is 9.88. The van der Waals surface area contributed by atoms with E-state index in [1.165, 1.54) is 12.4 Å². The fourth-order valence-corrected chi connectivity index (χ4v) is 10.2. The molecule has 4 fully saturated rings. The van der Waals surface area contributed by atoms with Crippen molar-refractivity contribution in [1.29, 1.82) is 0 Å². The Bertz CT molecular complexity index is 2730. The highest BCUT2D eigenvalue weighted by Gasteiger charge is 2.43. The van der Waals surface area contributed by atoms with Crippen LogP contribution in [-0.4, -0.2) is 139 Å². The van der Waals surface area contributed by atoms with Crippen molar-refractivity contribution in [3.8, 4) is 11.4 Å². The molecule has 20 nitrogen and oxygen atoms in total. The Labute approximate surface area is 356 Å². The van der Waals surface area contributed by atoms with Gasteiger partial charge in [0, 0.05) is 82.4 Å². The fourth-order valence-electron chi connectivity index (χ4n) is 8.75. The second-order valence-corrected chi connectivity index (χ2v) is 18.9. The molecule has 3 saturated heterocycles. The number of anilines is 4. The summed E-state index contributed by atoms with van der Waals surface area (Å²) in [6.07, 6.45) is 9.69. The van der Waals surface area contributed by atoms with E-state index in [1.807, 2.05) is 23.0 Å². The predicted molar refractivity (Wildman–Crippen MR) is 227 cm³/mol. The summed E-state index contributed by atoms with van der Waals surface area (Å²) in [4.78, 5) is 71.4. The molecule has 5 aliphatic rings. The Morgan fingerprint density at radius 2 is 1.61 bits per heavy atom. The van der Waals surface area contributed by atoms with Crippen molar-refractivity contribution in [2.45, 2.75) is 57.2 Å². The van der Waals surface area contributed by atoms with Crippen molar-refractivity contribution in [1.82, 2.24) is 54.2 Å². The van der Waals surface area contributed by atoms with E-state index < -0.39 is 33.8 Å². The molecule has 21 heteroatoms. The van der Waals surface area contributed by atoms with Gasteiger partial charge in [-0.05, 0) is 69.7 Å².